The molecule has 15 heavy (non-hydrogen) atoms. The smallest absolute Gasteiger partial charge is 0.315 e. The molecule has 1 heterocycles. The Bertz CT molecular complexity index is 332. The minimum atomic E-state index is -3.13. The molecule has 0 aromatic carbocycles. The molecule has 0 aromatic rings. The minimum Gasteiger partial charge on any atom is -0.395 e. The number of aliphatic hydroxyl groups excluding tert-OH is 1. The van der Waals surface area contributed by atoms with Crippen LogP contribution in [0.2, 0.25) is 0 Å². The lowest BCUT2D eigenvalue weighted by Crippen LogP contribution is -2.46. The lowest BCUT2D eigenvalue weighted by molar-refractivity contribution is 0.231. The quantitative estimate of drug-likeness (QED) is 0.546. The summed E-state index contributed by atoms with van der Waals surface area (Å²) in [5.74, 6) is -0.243. The molecule has 0 aromatic heterocycles. The Hall–Kier alpha value is -0.530. The third-order valence-electron chi connectivity index (χ3n) is 2.00. The molecule has 0 spiro atoms. The molecule has 0 bridgehead atoms. The molecule has 1 aliphatic heterocycles. The first kappa shape index (κ1) is 12.5. The average molecular weight is 257 g/mol. The standard InChI is InChI=1S/C7H13ClN2O4S/c8-5-3-15(13,14)4-6(5)10-7(12)9-1-2-11/h5-6,11H,1-4H2,(H2,9,10,12). The summed E-state index contributed by atoms with van der Waals surface area (Å²) in [7, 11) is -3.13. The number of hydrogen-bond donors (Lipinski definition) is 3. The van der Waals surface area contributed by atoms with Crippen LogP contribution in [0.4, 0.5) is 4.79 Å². The van der Waals surface area contributed by atoms with Crippen LogP contribution in [-0.4, -0.2) is 55.6 Å². The largest absolute Gasteiger partial charge is 0.395 e. The van der Waals surface area contributed by atoms with E-state index < -0.39 is 27.3 Å². The van der Waals surface area contributed by atoms with Gasteiger partial charge in [-0.05, 0) is 0 Å². The second-order valence-electron chi connectivity index (χ2n) is 3.32. The maximum atomic E-state index is 11.2. The van der Waals surface area contributed by atoms with Gasteiger partial charge < -0.3 is 15.7 Å². The van der Waals surface area contributed by atoms with Crippen LogP contribution in [-0.2, 0) is 9.84 Å². The van der Waals surface area contributed by atoms with Gasteiger partial charge in [0.25, 0.3) is 0 Å². The van der Waals surface area contributed by atoms with Gasteiger partial charge in [0.2, 0.25) is 0 Å². The predicted molar refractivity (Wildman–Crippen MR) is 55.7 cm³/mol. The van der Waals surface area contributed by atoms with E-state index in [4.69, 9.17) is 16.7 Å². The third kappa shape index (κ3) is 3.84. The van der Waals surface area contributed by atoms with Crippen molar-refractivity contribution in [1.82, 2.24) is 10.6 Å². The highest BCUT2D eigenvalue weighted by Crippen LogP contribution is 2.17. The lowest BCUT2D eigenvalue weighted by atomic mass is 10.2. The SMILES string of the molecule is O=C(NCCO)NC1CS(=O)(=O)CC1Cl. The normalized spacial score (nSPS) is 28.7. The first-order valence-electron chi connectivity index (χ1n) is 4.44. The fourth-order valence-corrected chi connectivity index (χ4v) is 3.88. The van der Waals surface area contributed by atoms with E-state index in [0.717, 1.165) is 0 Å². The summed E-state index contributed by atoms with van der Waals surface area (Å²) in [5.41, 5.74) is 0. The van der Waals surface area contributed by atoms with E-state index in [1.165, 1.54) is 0 Å². The Morgan fingerprint density at radius 3 is 2.60 bits per heavy atom. The van der Waals surface area contributed by atoms with Gasteiger partial charge in [-0.1, -0.05) is 0 Å². The second kappa shape index (κ2) is 5.00. The minimum absolute atomic E-state index is 0.112. The van der Waals surface area contributed by atoms with Crippen molar-refractivity contribution in [1.29, 1.82) is 0 Å². The average Bonchev–Trinajstić information content (AvgIpc) is 2.36. The fourth-order valence-electron chi connectivity index (χ4n) is 1.33. The van der Waals surface area contributed by atoms with E-state index in [2.05, 4.69) is 10.6 Å². The Kier molecular flexibility index (Phi) is 4.18. The van der Waals surface area contributed by atoms with Crippen molar-refractivity contribution in [3.8, 4) is 0 Å². The van der Waals surface area contributed by atoms with Crippen molar-refractivity contribution in [2.75, 3.05) is 24.7 Å². The van der Waals surface area contributed by atoms with Crippen LogP contribution < -0.4 is 10.6 Å². The first-order chi connectivity index (χ1) is 6.94. The van der Waals surface area contributed by atoms with Crippen LogP contribution in [0.3, 0.4) is 0 Å². The van der Waals surface area contributed by atoms with Crippen LogP contribution in [0.15, 0.2) is 0 Å². The zero-order valence-corrected chi connectivity index (χ0v) is 9.51. The molecule has 6 nitrogen and oxygen atoms in total. The van der Waals surface area contributed by atoms with Crippen molar-refractivity contribution in [3.05, 3.63) is 0 Å². The van der Waals surface area contributed by atoms with E-state index in [1.54, 1.807) is 0 Å². The first-order valence-corrected chi connectivity index (χ1v) is 6.70. The number of urea groups is 1. The summed E-state index contributed by atoms with van der Waals surface area (Å²) < 4.78 is 22.3. The molecule has 0 saturated carbocycles. The molecule has 2 unspecified atom stereocenters. The lowest BCUT2D eigenvalue weighted by Gasteiger charge is -2.14. The van der Waals surface area contributed by atoms with E-state index in [0.29, 0.717) is 0 Å². The molecule has 8 heteroatoms. The highest BCUT2D eigenvalue weighted by Gasteiger charge is 2.37. The van der Waals surface area contributed by atoms with Crippen LogP contribution in [0.25, 0.3) is 0 Å². The van der Waals surface area contributed by atoms with Gasteiger partial charge in [0, 0.05) is 6.54 Å². The number of nitrogens with one attached hydrogen (secondary N) is 2. The van der Waals surface area contributed by atoms with Crippen LogP contribution in [0.1, 0.15) is 0 Å². The number of hydrogen-bond acceptors (Lipinski definition) is 4. The molecular weight excluding hydrogens is 244 g/mol. The van der Waals surface area contributed by atoms with Crippen molar-refractivity contribution in [2.45, 2.75) is 11.4 Å². The van der Waals surface area contributed by atoms with E-state index >= 15 is 0 Å². The van der Waals surface area contributed by atoms with Gasteiger partial charge in [-0.3, -0.25) is 0 Å². The number of halogens is 1. The summed E-state index contributed by atoms with van der Waals surface area (Å²) in [5, 5.41) is 12.7. The van der Waals surface area contributed by atoms with E-state index in [9.17, 15) is 13.2 Å². The number of aliphatic hydroxyl groups is 1. The molecular formula is C7H13ClN2O4S. The van der Waals surface area contributed by atoms with Gasteiger partial charge in [0.1, 0.15) is 0 Å². The van der Waals surface area contributed by atoms with Gasteiger partial charge in [-0.25, -0.2) is 13.2 Å². The molecule has 88 valence electrons. The van der Waals surface area contributed by atoms with Crippen LogP contribution in [0, 0.1) is 0 Å². The monoisotopic (exact) mass is 256 g/mol. The molecule has 0 radical (unpaired) electrons. The number of carbonyl (C=O) groups excluding carboxylic acids is 1. The number of amides is 2. The van der Waals surface area contributed by atoms with Gasteiger partial charge in [-0.2, -0.15) is 0 Å². The summed E-state index contributed by atoms with van der Waals surface area (Å²) in [6.07, 6.45) is 0. The Balaban J connectivity index is 2.43. The Morgan fingerprint density at radius 2 is 2.13 bits per heavy atom. The van der Waals surface area contributed by atoms with Crippen molar-refractivity contribution < 1.29 is 18.3 Å². The predicted octanol–water partition coefficient (Wildman–Crippen LogP) is -1.32. The van der Waals surface area contributed by atoms with Gasteiger partial charge in [0.05, 0.1) is 29.5 Å². The topological polar surface area (TPSA) is 95.5 Å². The Labute approximate surface area is 92.9 Å². The zero-order valence-electron chi connectivity index (χ0n) is 7.94. The molecule has 1 rings (SSSR count). The number of carbonyl (C=O) groups is 1. The fraction of sp³-hybridized carbons (Fsp3) is 0.857. The summed E-state index contributed by atoms with van der Waals surface area (Å²) in [4.78, 5) is 11.1. The second-order valence-corrected chi connectivity index (χ2v) is 6.04. The maximum absolute atomic E-state index is 11.2. The summed E-state index contributed by atoms with van der Waals surface area (Å²) >= 11 is 5.77. The van der Waals surface area contributed by atoms with Crippen LogP contribution >= 0.6 is 11.6 Å². The molecule has 2 amide bonds. The highest BCUT2D eigenvalue weighted by molar-refractivity contribution is 7.91. The molecule has 1 saturated heterocycles. The van der Waals surface area contributed by atoms with Gasteiger partial charge in [-0.15, -0.1) is 11.6 Å². The molecule has 1 aliphatic rings. The highest BCUT2D eigenvalue weighted by atomic mass is 35.5. The Morgan fingerprint density at radius 1 is 1.47 bits per heavy atom. The van der Waals surface area contributed by atoms with Gasteiger partial charge in [0.15, 0.2) is 9.84 Å². The number of rotatable bonds is 3. The summed E-state index contributed by atoms with van der Waals surface area (Å²) in [6, 6.07) is -1.08. The van der Waals surface area contributed by atoms with E-state index in [-0.39, 0.29) is 24.7 Å². The van der Waals surface area contributed by atoms with Gasteiger partial charge >= 0.3 is 6.03 Å². The van der Waals surface area contributed by atoms with E-state index in [1.807, 2.05) is 0 Å². The molecule has 3 N–H and O–H groups in total. The third-order valence-corrected chi connectivity index (χ3v) is 4.37. The van der Waals surface area contributed by atoms with Crippen LogP contribution in [0.5, 0.6) is 0 Å². The number of sulfone groups is 1. The molecule has 2 atom stereocenters. The molecule has 0 aliphatic carbocycles. The van der Waals surface area contributed by atoms with Crippen molar-refractivity contribution in [3.63, 3.8) is 0 Å². The molecule has 1 fully saturated rings. The van der Waals surface area contributed by atoms with Crippen molar-refractivity contribution in [2.24, 2.45) is 0 Å². The maximum Gasteiger partial charge on any atom is 0.315 e. The summed E-state index contributed by atoms with van der Waals surface area (Å²) in [6.45, 7) is -0.0427. The number of alkyl halides is 1. The zero-order chi connectivity index (χ0) is 11.5. The van der Waals surface area contributed by atoms with Crippen molar-refractivity contribution >= 4 is 27.5 Å².